The van der Waals surface area contributed by atoms with Crippen molar-refractivity contribution in [2.45, 2.75) is 18.2 Å². The van der Waals surface area contributed by atoms with Crippen molar-refractivity contribution in [3.8, 4) is 0 Å². The minimum atomic E-state index is -3.57. The Morgan fingerprint density at radius 1 is 1.59 bits per heavy atom. The van der Waals surface area contributed by atoms with Crippen LogP contribution in [-0.4, -0.2) is 49.1 Å². The van der Waals surface area contributed by atoms with Crippen LogP contribution in [0.3, 0.4) is 0 Å². The second-order valence-corrected chi connectivity index (χ2v) is 5.36. The van der Waals surface area contributed by atoms with E-state index in [-0.39, 0.29) is 24.5 Å². The highest BCUT2D eigenvalue weighted by atomic mass is 32.2. The molecule has 0 aliphatic rings. The first-order valence-electron chi connectivity index (χ1n) is 5.09. The average Bonchev–Trinajstić information content (AvgIpc) is 2.80. The standard InChI is InChI=1S/C9H15N3O4S/c1-3-16-9(13)4-5-12(2)17(14,15)8-6-10-11-7-8/h6-7H,3-5H2,1-2H3,(H,10,11). The van der Waals surface area contributed by atoms with Crippen molar-refractivity contribution in [1.82, 2.24) is 14.5 Å². The maximum Gasteiger partial charge on any atom is 0.307 e. The molecule has 0 unspecified atom stereocenters. The summed E-state index contributed by atoms with van der Waals surface area (Å²) in [5.41, 5.74) is 0. The lowest BCUT2D eigenvalue weighted by molar-refractivity contribution is -0.143. The highest BCUT2D eigenvalue weighted by molar-refractivity contribution is 7.89. The lowest BCUT2D eigenvalue weighted by Crippen LogP contribution is -2.29. The molecule has 0 radical (unpaired) electrons. The van der Waals surface area contributed by atoms with Crippen LogP contribution in [0.15, 0.2) is 17.3 Å². The molecule has 1 aromatic rings. The van der Waals surface area contributed by atoms with Crippen molar-refractivity contribution < 1.29 is 17.9 Å². The number of nitrogens with one attached hydrogen (secondary N) is 1. The van der Waals surface area contributed by atoms with Gasteiger partial charge >= 0.3 is 5.97 Å². The Labute approximate surface area is 99.8 Å². The van der Waals surface area contributed by atoms with E-state index in [0.29, 0.717) is 0 Å². The van der Waals surface area contributed by atoms with E-state index in [9.17, 15) is 13.2 Å². The van der Waals surface area contributed by atoms with Crippen LogP contribution in [0, 0.1) is 0 Å². The van der Waals surface area contributed by atoms with Gasteiger partial charge in [-0.3, -0.25) is 9.89 Å². The topological polar surface area (TPSA) is 92.4 Å². The Kier molecular flexibility index (Phi) is 4.64. The number of esters is 1. The van der Waals surface area contributed by atoms with E-state index in [1.54, 1.807) is 6.92 Å². The van der Waals surface area contributed by atoms with Crippen molar-refractivity contribution in [3.05, 3.63) is 12.4 Å². The lowest BCUT2D eigenvalue weighted by atomic mass is 10.4. The molecule has 0 aliphatic heterocycles. The first-order valence-corrected chi connectivity index (χ1v) is 6.53. The molecule has 0 spiro atoms. The number of rotatable bonds is 6. The summed E-state index contributed by atoms with van der Waals surface area (Å²) < 4.78 is 29.6. The van der Waals surface area contributed by atoms with Crippen LogP contribution in [0.2, 0.25) is 0 Å². The van der Waals surface area contributed by atoms with Gasteiger partial charge in [0.25, 0.3) is 0 Å². The maximum absolute atomic E-state index is 11.9. The van der Waals surface area contributed by atoms with Crippen molar-refractivity contribution in [2.24, 2.45) is 0 Å². The Morgan fingerprint density at radius 3 is 2.82 bits per heavy atom. The van der Waals surface area contributed by atoms with Gasteiger partial charge in [0.05, 0.1) is 19.2 Å². The fraction of sp³-hybridized carbons (Fsp3) is 0.556. The molecule has 0 bridgehead atoms. The van der Waals surface area contributed by atoms with E-state index in [1.165, 1.54) is 19.4 Å². The van der Waals surface area contributed by atoms with Crippen molar-refractivity contribution >= 4 is 16.0 Å². The second-order valence-electron chi connectivity index (χ2n) is 3.32. The van der Waals surface area contributed by atoms with Gasteiger partial charge in [0.1, 0.15) is 4.90 Å². The Bertz CT molecular complexity index is 455. The summed E-state index contributed by atoms with van der Waals surface area (Å²) >= 11 is 0. The smallest absolute Gasteiger partial charge is 0.307 e. The van der Waals surface area contributed by atoms with E-state index >= 15 is 0 Å². The quantitative estimate of drug-likeness (QED) is 0.727. The predicted molar refractivity (Wildman–Crippen MR) is 59.7 cm³/mol. The van der Waals surface area contributed by atoms with E-state index in [4.69, 9.17) is 4.74 Å². The number of hydrogen-bond acceptors (Lipinski definition) is 5. The molecular weight excluding hydrogens is 246 g/mol. The molecule has 0 atom stereocenters. The molecule has 0 saturated carbocycles. The van der Waals surface area contributed by atoms with Gasteiger partial charge in [-0.1, -0.05) is 0 Å². The van der Waals surface area contributed by atoms with Crippen LogP contribution >= 0.6 is 0 Å². The summed E-state index contributed by atoms with van der Waals surface area (Å²) in [6, 6.07) is 0. The lowest BCUT2D eigenvalue weighted by Gasteiger charge is -2.15. The average molecular weight is 261 g/mol. The number of carbonyl (C=O) groups excluding carboxylic acids is 1. The number of hydrogen-bond donors (Lipinski definition) is 1. The Balaban J connectivity index is 2.59. The summed E-state index contributed by atoms with van der Waals surface area (Å²) in [5.74, 6) is -0.415. The van der Waals surface area contributed by atoms with E-state index in [2.05, 4.69) is 10.2 Å². The largest absolute Gasteiger partial charge is 0.466 e. The first kappa shape index (κ1) is 13.7. The molecule has 0 aromatic carbocycles. The molecule has 0 fully saturated rings. The summed E-state index contributed by atoms with van der Waals surface area (Å²) in [6.45, 7) is 2.06. The van der Waals surface area contributed by atoms with Gasteiger partial charge < -0.3 is 4.74 Å². The minimum absolute atomic E-state index is 0.0292. The number of sulfonamides is 1. The van der Waals surface area contributed by atoms with Gasteiger partial charge in [-0.25, -0.2) is 12.7 Å². The van der Waals surface area contributed by atoms with Gasteiger partial charge in [-0.05, 0) is 6.92 Å². The minimum Gasteiger partial charge on any atom is -0.466 e. The molecular formula is C9H15N3O4S. The number of aromatic nitrogens is 2. The van der Waals surface area contributed by atoms with Crippen LogP contribution in [0.4, 0.5) is 0 Å². The summed E-state index contributed by atoms with van der Waals surface area (Å²) in [7, 11) is -2.17. The molecule has 1 heterocycles. The zero-order valence-corrected chi connectivity index (χ0v) is 10.5. The Morgan fingerprint density at radius 2 is 2.29 bits per heavy atom. The third-order valence-electron chi connectivity index (χ3n) is 2.12. The van der Waals surface area contributed by atoms with E-state index < -0.39 is 16.0 Å². The van der Waals surface area contributed by atoms with Crippen molar-refractivity contribution in [3.63, 3.8) is 0 Å². The molecule has 96 valence electrons. The van der Waals surface area contributed by atoms with Crippen LogP contribution in [0.5, 0.6) is 0 Å². The van der Waals surface area contributed by atoms with Crippen molar-refractivity contribution in [2.75, 3.05) is 20.2 Å². The van der Waals surface area contributed by atoms with Crippen LogP contribution in [-0.2, 0) is 19.6 Å². The van der Waals surface area contributed by atoms with E-state index in [0.717, 1.165) is 4.31 Å². The van der Waals surface area contributed by atoms with Gasteiger partial charge in [-0.2, -0.15) is 5.10 Å². The number of H-pyrrole nitrogens is 1. The zero-order chi connectivity index (χ0) is 12.9. The molecule has 1 N–H and O–H groups in total. The fourth-order valence-electron chi connectivity index (χ4n) is 1.16. The summed E-state index contributed by atoms with van der Waals surface area (Å²) in [6.07, 6.45) is 2.54. The fourth-order valence-corrected chi connectivity index (χ4v) is 2.24. The predicted octanol–water partition coefficient (Wildman–Crippen LogP) is -0.0166. The molecule has 7 nitrogen and oxygen atoms in total. The SMILES string of the molecule is CCOC(=O)CCN(C)S(=O)(=O)c1cn[nH]c1. The molecule has 0 aliphatic carbocycles. The van der Waals surface area contributed by atoms with Crippen LogP contribution in [0.25, 0.3) is 0 Å². The van der Waals surface area contributed by atoms with Crippen LogP contribution < -0.4 is 0 Å². The molecule has 0 saturated heterocycles. The van der Waals surface area contributed by atoms with Gasteiger partial charge in [-0.15, -0.1) is 0 Å². The van der Waals surface area contributed by atoms with E-state index in [1.807, 2.05) is 0 Å². The van der Waals surface area contributed by atoms with Crippen LogP contribution in [0.1, 0.15) is 13.3 Å². The molecule has 1 aromatic heterocycles. The summed E-state index contributed by atoms with van der Waals surface area (Å²) in [5, 5.41) is 6.00. The summed E-state index contributed by atoms with van der Waals surface area (Å²) in [4.78, 5) is 11.2. The zero-order valence-electron chi connectivity index (χ0n) is 9.71. The number of nitrogens with zero attached hydrogens (tertiary/aromatic N) is 2. The van der Waals surface area contributed by atoms with Gasteiger partial charge in [0.15, 0.2) is 0 Å². The maximum atomic E-state index is 11.9. The molecule has 0 amide bonds. The highest BCUT2D eigenvalue weighted by Crippen LogP contribution is 2.11. The third kappa shape index (κ3) is 3.53. The molecule has 17 heavy (non-hydrogen) atoms. The van der Waals surface area contributed by atoms with Crippen molar-refractivity contribution in [1.29, 1.82) is 0 Å². The number of aromatic amines is 1. The van der Waals surface area contributed by atoms with Gasteiger partial charge in [0, 0.05) is 19.8 Å². The van der Waals surface area contributed by atoms with Gasteiger partial charge in [0.2, 0.25) is 10.0 Å². The number of carbonyl (C=O) groups is 1. The second kappa shape index (κ2) is 5.78. The Hall–Kier alpha value is -1.41. The number of ether oxygens (including phenoxy) is 1. The monoisotopic (exact) mass is 261 g/mol. The normalized spacial score (nSPS) is 11.7. The molecule has 1 rings (SSSR count). The third-order valence-corrected chi connectivity index (χ3v) is 3.94. The first-order chi connectivity index (χ1) is 7.98. The molecule has 8 heteroatoms. The highest BCUT2D eigenvalue weighted by Gasteiger charge is 2.22.